The normalized spacial score (nSPS) is 10.2. The van der Waals surface area contributed by atoms with Crippen LogP contribution in [-0.2, 0) is 122 Å². The summed E-state index contributed by atoms with van der Waals surface area (Å²) in [5.41, 5.74) is 8.17. The van der Waals surface area contributed by atoms with Gasteiger partial charge in [-0.05, 0) is 107 Å². The second kappa shape index (κ2) is 48.3. The van der Waals surface area contributed by atoms with Crippen LogP contribution in [0.2, 0.25) is 0 Å². The number of rotatable bonds is 8. The van der Waals surface area contributed by atoms with Crippen LogP contribution < -0.4 is 0 Å². The first-order valence-corrected chi connectivity index (χ1v) is 29.0. The Morgan fingerprint density at radius 1 is 0.463 bits per heavy atom. The Kier molecular flexibility index (Phi) is 44.5. The molecule has 3 N–H and O–H groups in total. The number of halogens is 3. The van der Waals surface area contributed by atoms with Crippen LogP contribution in [-0.4, -0.2) is 57.6 Å². The minimum Gasteiger partial charge on any atom is -0.512 e. The van der Waals surface area contributed by atoms with Crippen LogP contribution in [0.15, 0.2) is 264 Å². The summed E-state index contributed by atoms with van der Waals surface area (Å²) in [5.74, 6) is 0.435. The molecule has 0 aliphatic heterocycles. The molecule has 504 valence electrons. The predicted molar refractivity (Wildman–Crippen MR) is 352 cm³/mol. The van der Waals surface area contributed by atoms with Gasteiger partial charge in [-0.1, -0.05) is 71.1 Å². The van der Waals surface area contributed by atoms with Crippen LogP contribution in [0.1, 0.15) is 47.1 Å². The molecule has 4 radical (unpaired) electrons. The smallest absolute Gasteiger partial charge is 0.381 e. The number of nitrogens with zero attached hydrogens (tertiary/aromatic N) is 5. The summed E-state index contributed by atoms with van der Waals surface area (Å²) < 4.78 is 43.7. The zero-order valence-electron chi connectivity index (χ0n) is 51.4. The molecule has 0 unspecified atom stereocenters. The van der Waals surface area contributed by atoms with Crippen LogP contribution in [0, 0.1) is 30.3 Å². The van der Waals surface area contributed by atoms with Crippen molar-refractivity contribution in [3.05, 3.63) is 296 Å². The molecule has 0 aliphatic rings. The zero-order valence-corrected chi connectivity index (χ0v) is 64.9. The van der Waals surface area contributed by atoms with Crippen LogP contribution in [0.3, 0.4) is 0 Å². The van der Waals surface area contributed by atoms with Crippen molar-refractivity contribution in [3.63, 3.8) is 0 Å². The molecule has 0 aliphatic carbocycles. The number of thiazole rings is 1. The summed E-state index contributed by atoms with van der Waals surface area (Å²) in [6.07, 6.45) is 4.35. The van der Waals surface area contributed by atoms with E-state index in [1.165, 1.54) is 70.5 Å². The monoisotopic (exact) mass is 2210 g/mol. The first-order valence-electron chi connectivity index (χ1n) is 27.3. The van der Waals surface area contributed by atoms with Crippen LogP contribution in [0.25, 0.3) is 76.4 Å². The summed E-state index contributed by atoms with van der Waals surface area (Å²) in [4.78, 5) is 52.6. The SMILES string of the molecule is CC(=O)C=C(C)O.CC(=O)C=C(C)O.CC(=O)C=C(C)O.FC(F)(F)c1c[c-]c(-c2ccccn2)cc1.[Ir].[Ir].[Ir].[Ir].[Pt].[c-]1ccccc1-c1ccccn1.[c-]1ccccc1-c1nc2ccccc2o1.[c-]1ccccc1-c1nc2ccccc2s1.[c-]1ccsc1-c1ccccn1. The van der Waals surface area contributed by atoms with Gasteiger partial charge in [-0.25, -0.2) is 11.3 Å². The third-order valence-corrected chi connectivity index (χ3v) is 12.7. The average Bonchev–Trinajstić information content (AvgIpc) is 1.82. The summed E-state index contributed by atoms with van der Waals surface area (Å²) in [6.45, 7) is 8.54. The van der Waals surface area contributed by atoms with Crippen molar-refractivity contribution in [1.82, 2.24) is 24.9 Å². The Balaban J connectivity index is 0.00000108. The molecule has 0 saturated heterocycles. The predicted octanol–water partition coefficient (Wildman–Crippen LogP) is 18.9. The van der Waals surface area contributed by atoms with Gasteiger partial charge >= 0.3 is 6.18 Å². The quantitative estimate of drug-likeness (QED) is 0.0743. The number of thiophene rings is 1. The van der Waals surface area contributed by atoms with Crippen molar-refractivity contribution in [2.24, 2.45) is 0 Å². The Morgan fingerprint density at radius 2 is 0.895 bits per heavy atom. The van der Waals surface area contributed by atoms with Gasteiger partial charge in [0, 0.05) is 148 Å². The fourth-order valence-electron chi connectivity index (χ4n) is 7.14. The second-order valence-electron chi connectivity index (χ2n) is 18.5. The number of carbonyl (C=O) groups excluding carboxylic acids is 3. The molecular weight excluding hydrogens is 2140 g/mol. The number of hydrogen-bond acceptors (Lipinski definition) is 14. The third kappa shape index (κ3) is 34.7. The van der Waals surface area contributed by atoms with E-state index in [1.807, 2.05) is 163 Å². The molecule has 0 bridgehead atoms. The fourth-order valence-corrected chi connectivity index (χ4v) is 8.75. The first kappa shape index (κ1) is 87.5. The number of hydrogen-bond donors (Lipinski definition) is 3. The van der Waals surface area contributed by atoms with Gasteiger partial charge in [0.25, 0.3) is 0 Å². The van der Waals surface area contributed by atoms with Gasteiger partial charge in [-0.2, -0.15) is 36.6 Å². The Bertz CT molecular complexity index is 3870. The van der Waals surface area contributed by atoms with E-state index in [-0.39, 0.29) is 136 Å². The minimum absolute atomic E-state index is 0. The molecule has 6 aromatic carbocycles. The molecular formula is C73H61F3Ir4N5O7PtS2-5. The van der Waals surface area contributed by atoms with Crippen LogP contribution >= 0.6 is 22.7 Å². The van der Waals surface area contributed by atoms with E-state index in [2.05, 4.69) is 61.3 Å². The Labute approximate surface area is 627 Å². The van der Waals surface area contributed by atoms with E-state index in [9.17, 15) is 27.6 Å². The number of aliphatic hydroxyl groups excluding tert-OH is 3. The van der Waals surface area contributed by atoms with E-state index in [0.29, 0.717) is 17.1 Å². The maximum Gasteiger partial charge on any atom is 0.381 e. The van der Waals surface area contributed by atoms with Gasteiger partial charge in [0.05, 0.1) is 28.3 Å². The van der Waals surface area contributed by atoms with Gasteiger partial charge in [0.15, 0.2) is 17.3 Å². The summed E-state index contributed by atoms with van der Waals surface area (Å²) in [7, 11) is 0. The van der Waals surface area contributed by atoms with Crippen molar-refractivity contribution in [1.29, 1.82) is 0 Å². The molecule has 12 aromatic rings. The molecule has 0 saturated carbocycles. The minimum atomic E-state index is -4.32. The first-order chi connectivity index (χ1) is 43.2. The second-order valence-corrected chi connectivity index (χ2v) is 20.5. The van der Waals surface area contributed by atoms with Gasteiger partial charge in [-0.3, -0.25) is 24.4 Å². The van der Waals surface area contributed by atoms with E-state index in [0.717, 1.165) is 66.7 Å². The number of aromatic nitrogens is 5. The summed E-state index contributed by atoms with van der Waals surface area (Å²) >= 11 is 3.37. The molecule has 95 heavy (non-hydrogen) atoms. The number of fused-ring (bicyclic) bond motifs is 2. The summed E-state index contributed by atoms with van der Waals surface area (Å²) in [6, 6.07) is 76.7. The van der Waals surface area contributed by atoms with Crippen molar-refractivity contribution < 1.29 is 149 Å². The van der Waals surface area contributed by atoms with Crippen molar-refractivity contribution >= 4 is 61.3 Å². The Hall–Kier alpha value is -7.46. The molecule has 12 rings (SSSR count). The fraction of sp³-hybridized carbons (Fsp3) is 0.0959. The molecule has 22 heteroatoms. The van der Waals surface area contributed by atoms with E-state index in [4.69, 9.17) is 19.7 Å². The van der Waals surface area contributed by atoms with Gasteiger partial charge in [-0.15, -0.1) is 137 Å². The maximum absolute atomic E-state index is 12.3. The zero-order chi connectivity index (χ0) is 65.1. The largest absolute Gasteiger partial charge is 0.512 e. The third-order valence-electron chi connectivity index (χ3n) is 10.8. The van der Waals surface area contributed by atoms with E-state index in [1.54, 1.807) is 59.5 Å². The van der Waals surface area contributed by atoms with Gasteiger partial charge in [0.2, 0.25) is 0 Å². The van der Waals surface area contributed by atoms with E-state index >= 15 is 0 Å². The number of allylic oxidation sites excluding steroid dienone is 6. The molecule has 0 spiro atoms. The number of oxazole rings is 1. The number of alkyl halides is 3. The van der Waals surface area contributed by atoms with E-state index < -0.39 is 11.7 Å². The van der Waals surface area contributed by atoms with Gasteiger partial charge in [0.1, 0.15) is 11.5 Å². The molecule has 0 atom stereocenters. The molecule has 0 fully saturated rings. The van der Waals surface area contributed by atoms with Gasteiger partial charge < -0.3 is 34.7 Å². The topological polar surface area (TPSA) is 189 Å². The van der Waals surface area contributed by atoms with Crippen LogP contribution in [0.5, 0.6) is 0 Å². The molecule has 0 amide bonds. The number of benzene rings is 6. The molecule has 12 nitrogen and oxygen atoms in total. The van der Waals surface area contributed by atoms with Crippen molar-refractivity contribution in [3.8, 4) is 55.1 Å². The number of ketones is 3. The van der Waals surface area contributed by atoms with Crippen molar-refractivity contribution in [2.45, 2.75) is 47.7 Å². The number of para-hydroxylation sites is 3. The number of carbonyl (C=O) groups is 3. The standard InChI is InChI=1S/C13H8NO.C13H8NS.C12H7F3N.C11H8N.C9H6NS.3C5H8O2.4Ir.Pt/c2*1-2-6-10(7-3-1)13-14-11-8-4-5-9-12(11)15-13;13-12(14,15)10-6-4-9(5-7-10)11-3-1-2-8-16-11;1-2-6-10(7-3-1)11-8-4-5-9-12-11;1-2-6-10-8(4-1)9-5-3-7-11-9;3*1-4(6)3-5(2)7;;;;;/h2*1-6,8-9H;1-4,6-8H;1-6,8-9H;1-4,6-7H;3*3,6H,1-2H3;;;;;/q5*-1;;;;;;;;. The number of aliphatic hydroxyl groups is 3. The van der Waals surface area contributed by atoms with Crippen molar-refractivity contribution in [2.75, 3.05) is 0 Å². The average molecular weight is 2210 g/mol. The maximum atomic E-state index is 12.3. The molecule has 6 heterocycles. The van der Waals surface area contributed by atoms with Crippen LogP contribution in [0.4, 0.5) is 13.2 Å². The summed E-state index contributed by atoms with van der Waals surface area (Å²) in [5, 5.41) is 28.1. The molecule has 6 aromatic heterocycles. The number of pyridine rings is 3. The Morgan fingerprint density at radius 3 is 1.27 bits per heavy atom.